The van der Waals surface area contributed by atoms with Crippen LogP contribution in [-0.2, 0) is 34.2 Å². The molecule has 4 atom stereocenters. The normalized spacial score (nSPS) is 24.8. The molecule has 3 saturated heterocycles. The highest BCUT2D eigenvalue weighted by molar-refractivity contribution is 5.86. The lowest BCUT2D eigenvalue weighted by molar-refractivity contribution is -0.956. The van der Waals surface area contributed by atoms with Crippen molar-refractivity contribution in [3.05, 3.63) is 71.8 Å². The standard InChI is InChI=1S/C31H39N3O6/c1-21(38-29(36)27(32)20-28(33)35)40-31(22-10-4-2-5-11-22,23-12-6-3-7-13-23)30(37)39-26-18-24-14-15-25(19-26)34(24)16-8-9-17-34/h2-7,10-13,21,24-27H,8-9,14-20,32H2,1H3,(H-,33,35)/p+1/t21-,24?,25?,26?,27+/m1/s1. The van der Waals surface area contributed by atoms with Crippen LogP contribution in [0.1, 0.15) is 63.0 Å². The van der Waals surface area contributed by atoms with Crippen molar-refractivity contribution in [1.29, 1.82) is 0 Å². The summed E-state index contributed by atoms with van der Waals surface area (Å²) in [6.45, 7) is 3.99. The number of hydrogen-bond acceptors (Lipinski definition) is 7. The summed E-state index contributed by atoms with van der Waals surface area (Å²) in [6, 6.07) is 18.0. The van der Waals surface area contributed by atoms with E-state index < -0.39 is 35.8 Å². The molecule has 2 unspecified atom stereocenters. The Morgan fingerprint density at radius 1 is 0.925 bits per heavy atom. The highest BCUT2D eigenvalue weighted by Crippen LogP contribution is 2.47. The van der Waals surface area contributed by atoms with Crippen LogP contribution in [0, 0.1) is 0 Å². The molecule has 1 spiro atoms. The van der Waals surface area contributed by atoms with Crippen molar-refractivity contribution in [2.75, 3.05) is 13.1 Å². The maximum atomic E-state index is 14.4. The molecule has 214 valence electrons. The van der Waals surface area contributed by atoms with Gasteiger partial charge in [0.25, 0.3) is 0 Å². The third-order valence-corrected chi connectivity index (χ3v) is 9.03. The van der Waals surface area contributed by atoms with Crippen LogP contribution in [0.5, 0.6) is 0 Å². The molecule has 3 aliphatic rings. The van der Waals surface area contributed by atoms with Gasteiger partial charge >= 0.3 is 11.9 Å². The van der Waals surface area contributed by atoms with Gasteiger partial charge < -0.3 is 30.2 Å². The molecule has 3 heterocycles. The largest absolute Gasteiger partial charge is 0.459 e. The zero-order valence-electron chi connectivity index (χ0n) is 23.1. The summed E-state index contributed by atoms with van der Waals surface area (Å²) >= 11 is 0. The van der Waals surface area contributed by atoms with Crippen molar-refractivity contribution in [2.24, 2.45) is 11.5 Å². The number of hydrogen-bond donors (Lipinski definition) is 2. The number of nitrogens with zero attached hydrogens (tertiary/aromatic N) is 1. The van der Waals surface area contributed by atoms with Crippen LogP contribution in [0.3, 0.4) is 0 Å². The molecule has 2 bridgehead atoms. The second kappa shape index (κ2) is 11.7. The van der Waals surface area contributed by atoms with Crippen LogP contribution in [0.15, 0.2) is 60.7 Å². The van der Waals surface area contributed by atoms with Crippen LogP contribution in [0.2, 0.25) is 0 Å². The average Bonchev–Trinajstić information content (AvgIpc) is 3.48. The lowest BCUT2D eigenvalue weighted by atomic mass is 9.85. The molecular weight excluding hydrogens is 510 g/mol. The first kappa shape index (κ1) is 28.3. The molecule has 9 heteroatoms. The Hall–Kier alpha value is -3.27. The first-order valence-electron chi connectivity index (χ1n) is 14.4. The van der Waals surface area contributed by atoms with Crippen molar-refractivity contribution < 1.29 is 33.1 Å². The predicted molar refractivity (Wildman–Crippen MR) is 147 cm³/mol. The molecule has 2 aromatic carbocycles. The molecule has 0 saturated carbocycles. The number of carbonyl (C=O) groups is 3. The summed E-state index contributed by atoms with van der Waals surface area (Å²) in [5.41, 5.74) is 10.4. The molecule has 3 fully saturated rings. The lowest BCUT2D eigenvalue weighted by Gasteiger charge is -2.47. The minimum absolute atomic E-state index is 0.216. The number of ether oxygens (including phenoxy) is 3. The van der Waals surface area contributed by atoms with Crippen molar-refractivity contribution in [3.63, 3.8) is 0 Å². The Bertz CT molecular complexity index is 1140. The van der Waals surface area contributed by atoms with Crippen LogP contribution in [-0.4, -0.2) is 65.9 Å². The number of quaternary nitrogens is 1. The molecular formula is C31H40N3O6+. The number of benzene rings is 2. The van der Waals surface area contributed by atoms with Gasteiger partial charge in [0.2, 0.25) is 17.8 Å². The van der Waals surface area contributed by atoms with Crippen LogP contribution in [0.4, 0.5) is 0 Å². The molecule has 4 N–H and O–H groups in total. The van der Waals surface area contributed by atoms with Crippen molar-refractivity contribution in [3.8, 4) is 0 Å². The summed E-state index contributed by atoms with van der Waals surface area (Å²) in [5, 5.41) is 0. The first-order valence-corrected chi connectivity index (χ1v) is 14.4. The topological polar surface area (TPSA) is 131 Å². The van der Waals surface area contributed by atoms with E-state index in [0.717, 1.165) is 12.8 Å². The molecule has 3 aliphatic heterocycles. The van der Waals surface area contributed by atoms with Gasteiger partial charge in [-0.3, -0.25) is 9.59 Å². The SMILES string of the molecule is C[C@H](OC(=O)[C@@H](N)CC(N)=O)OC(C(=O)OC1CC2CCC(C1)[N+]21CCCC1)(c1ccccc1)c1ccccc1. The second-order valence-corrected chi connectivity index (χ2v) is 11.5. The molecule has 2 aromatic rings. The van der Waals surface area contributed by atoms with E-state index >= 15 is 0 Å². The van der Waals surface area contributed by atoms with Crippen molar-refractivity contribution in [2.45, 2.75) is 88.0 Å². The van der Waals surface area contributed by atoms with Gasteiger partial charge in [0, 0.05) is 38.5 Å². The van der Waals surface area contributed by atoms with Crippen LogP contribution >= 0.6 is 0 Å². The van der Waals surface area contributed by atoms with E-state index in [-0.39, 0.29) is 12.5 Å². The van der Waals surface area contributed by atoms with E-state index in [9.17, 15) is 14.4 Å². The van der Waals surface area contributed by atoms with E-state index in [0.29, 0.717) is 23.2 Å². The third-order valence-electron chi connectivity index (χ3n) is 9.03. The quantitative estimate of drug-likeness (QED) is 0.264. The molecule has 5 rings (SSSR count). The van der Waals surface area contributed by atoms with Gasteiger partial charge in [-0.2, -0.15) is 0 Å². The van der Waals surface area contributed by atoms with Crippen LogP contribution < -0.4 is 11.5 Å². The summed E-state index contributed by atoms with van der Waals surface area (Å²) in [6.07, 6.45) is 4.81. The summed E-state index contributed by atoms with van der Waals surface area (Å²) in [4.78, 5) is 38.2. The fraction of sp³-hybridized carbons (Fsp3) is 0.516. The summed E-state index contributed by atoms with van der Waals surface area (Å²) in [5.74, 6) is -2.12. The fourth-order valence-corrected chi connectivity index (χ4v) is 7.30. The van der Waals surface area contributed by atoms with Gasteiger partial charge in [0.15, 0.2) is 0 Å². The van der Waals surface area contributed by atoms with Gasteiger partial charge in [-0.25, -0.2) is 4.79 Å². The minimum atomic E-state index is -1.70. The Morgan fingerprint density at radius 3 is 1.95 bits per heavy atom. The summed E-state index contributed by atoms with van der Waals surface area (Å²) < 4.78 is 19.4. The van der Waals surface area contributed by atoms with Crippen LogP contribution in [0.25, 0.3) is 0 Å². The van der Waals surface area contributed by atoms with Gasteiger partial charge in [0.05, 0.1) is 31.6 Å². The number of amides is 1. The highest BCUT2D eigenvalue weighted by atomic mass is 16.7. The number of piperidine rings is 1. The molecule has 1 amide bonds. The zero-order valence-corrected chi connectivity index (χ0v) is 23.1. The maximum absolute atomic E-state index is 14.4. The van der Waals surface area contributed by atoms with Crippen molar-refractivity contribution >= 4 is 17.8 Å². The Labute approximate surface area is 235 Å². The van der Waals surface area contributed by atoms with E-state index in [2.05, 4.69) is 0 Å². The minimum Gasteiger partial charge on any atom is -0.459 e. The smallest absolute Gasteiger partial charge is 0.348 e. The Balaban J connectivity index is 1.44. The number of esters is 2. The Kier molecular flexibility index (Phi) is 8.26. The molecule has 0 radical (unpaired) electrons. The average molecular weight is 551 g/mol. The lowest BCUT2D eigenvalue weighted by Crippen LogP contribution is -2.60. The first-order chi connectivity index (χ1) is 19.2. The van der Waals surface area contributed by atoms with Gasteiger partial charge in [-0.05, 0) is 18.1 Å². The molecule has 0 aliphatic carbocycles. The van der Waals surface area contributed by atoms with E-state index in [1.807, 2.05) is 36.4 Å². The van der Waals surface area contributed by atoms with Crippen molar-refractivity contribution in [1.82, 2.24) is 0 Å². The maximum Gasteiger partial charge on any atom is 0.348 e. The van der Waals surface area contributed by atoms with E-state index in [4.69, 9.17) is 25.7 Å². The molecule has 40 heavy (non-hydrogen) atoms. The monoisotopic (exact) mass is 550 g/mol. The highest BCUT2D eigenvalue weighted by Gasteiger charge is 2.57. The van der Waals surface area contributed by atoms with E-state index in [1.165, 1.54) is 50.2 Å². The van der Waals surface area contributed by atoms with Gasteiger partial charge in [-0.1, -0.05) is 60.7 Å². The van der Waals surface area contributed by atoms with Gasteiger partial charge in [-0.15, -0.1) is 0 Å². The fourth-order valence-electron chi connectivity index (χ4n) is 7.30. The number of primary amides is 1. The summed E-state index contributed by atoms with van der Waals surface area (Å²) in [7, 11) is 0. The number of nitrogens with two attached hydrogens (primary N) is 2. The molecule has 0 aromatic heterocycles. The zero-order chi connectivity index (χ0) is 28.3. The Morgan fingerprint density at radius 2 is 1.45 bits per heavy atom. The van der Waals surface area contributed by atoms with E-state index in [1.54, 1.807) is 24.3 Å². The second-order valence-electron chi connectivity index (χ2n) is 11.5. The molecule has 9 nitrogen and oxygen atoms in total. The number of carbonyl (C=O) groups excluding carboxylic acids is 3. The third kappa shape index (κ3) is 5.38. The van der Waals surface area contributed by atoms with Gasteiger partial charge in [0.1, 0.15) is 12.1 Å². The number of rotatable bonds is 10. The predicted octanol–water partition coefficient (Wildman–Crippen LogP) is 2.89.